The van der Waals surface area contributed by atoms with Crippen molar-refractivity contribution < 1.29 is 13.2 Å². The van der Waals surface area contributed by atoms with Crippen LogP contribution in [-0.4, -0.2) is 15.6 Å². The lowest BCUT2D eigenvalue weighted by Gasteiger charge is -2.11. The summed E-state index contributed by atoms with van der Waals surface area (Å²) < 4.78 is 38.0. The lowest BCUT2D eigenvalue weighted by molar-refractivity contribution is -0.138. The van der Waals surface area contributed by atoms with Gasteiger partial charge >= 0.3 is 6.18 Å². The first kappa shape index (κ1) is 10.9. The van der Waals surface area contributed by atoms with E-state index in [2.05, 4.69) is 4.98 Å². The Labute approximate surface area is 89.7 Å². The van der Waals surface area contributed by atoms with E-state index in [1.54, 1.807) is 28.8 Å². The van der Waals surface area contributed by atoms with Crippen LogP contribution in [0.5, 0.6) is 0 Å². The van der Waals surface area contributed by atoms with Gasteiger partial charge in [0.2, 0.25) is 0 Å². The van der Waals surface area contributed by atoms with E-state index >= 15 is 0 Å². The molecular weight excluding hydrogens is 219 g/mol. The largest absolute Gasteiger partial charge is 0.390 e. The van der Waals surface area contributed by atoms with Crippen molar-refractivity contribution in [3.63, 3.8) is 0 Å². The van der Waals surface area contributed by atoms with Gasteiger partial charge < -0.3 is 10.1 Å². The van der Waals surface area contributed by atoms with Crippen molar-refractivity contribution in [2.24, 2.45) is 5.73 Å². The molecule has 2 heterocycles. The van der Waals surface area contributed by atoms with Crippen LogP contribution >= 0.6 is 0 Å². The minimum Gasteiger partial charge on any atom is -0.322 e. The van der Waals surface area contributed by atoms with Crippen molar-refractivity contribution in [2.75, 3.05) is 0 Å². The Bertz CT molecular complexity index is 456. The van der Waals surface area contributed by atoms with Gasteiger partial charge in [-0.25, -0.2) is 4.98 Å². The average Bonchev–Trinajstić information content (AvgIpc) is 2.58. The number of alkyl halides is 3. The molecule has 86 valence electrons. The summed E-state index contributed by atoms with van der Waals surface area (Å²) in [5, 5.41) is 0. The number of halogens is 3. The van der Waals surface area contributed by atoms with Crippen molar-refractivity contribution in [1.29, 1.82) is 0 Å². The fraction of sp³-hybridized carbons (Fsp3) is 0.300. The molecule has 0 saturated carbocycles. The molecule has 2 N–H and O–H groups in total. The van der Waals surface area contributed by atoms with E-state index in [0.29, 0.717) is 5.65 Å². The highest BCUT2D eigenvalue weighted by molar-refractivity contribution is 5.39. The normalized spacial score (nSPS) is 14.2. The molecule has 0 aromatic carbocycles. The third-order valence-electron chi connectivity index (χ3n) is 2.21. The Morgan fingerprint density at radius 1 is 1.38 bits per heavy atom. The summed E-state index contributed by atoms with van der Waals surface area (Å²) >= 11 is 0. The number of nitrogens with two attached hydrogens (primary N) is 1. The van der Waals surface area contributed by atoms with Gasteiger partial charge in [-0.05, 0) is 12.1 Å². The molecule has 1 atom stereocenters. The third-order valence-corrected chi connectivity index (χ3v) is 2.21. The molecule has 0 aliphatic carbocycles. The van der Waals surface area contributed by atoms with Crippen LogP contribution in [0.3, 0.4) is 0 Å². The molecular formula is C10H10F3N3. The van der Waals surface area contributed by atoms with Crippen molar-refractivity contribution in [3.8, 4) is 0 Å². The number of pyridine rings is 1. The fourth-order valence-corrected chi connectivity index (χ4v) is 1.49. The maximum atomic E-state index is 12.1. The first-order valence-corrected chi connectivity index (χ1v) is 4.72. The van der Waals surface area contributed by atoms with Gasteiger partial charge in [0.15, 0.2) is 0 Å². The van der Waals surface area contributed by atoms with Gasteiger partial charge in [-0.3, -0.25) is 0 Å². The Morgan fingerprint density at radius 2 is 2.12 bits per heavy atom. The molecule has 2 rings (SSSR count). The van der Waals surface area contributed by atoms with E-state index in [0.717, 1.165) is 0 Å². The predicted octanol–water partition coefficient (Wildman–Crippen LogP) is 2.29. The minimum absolute atomic E-state index is 0.253. The summed E-state index contributed by atoms with van der Waals surface area (Å²) in [6, 6.07) is 4.14. The molecule has 2 aromatic heterocycles. The first-order valence-electron chi connectivity index (χ1n) is 4.72. The van der Waals surface area contributed by atoms with E-state index in [9.17, 15) is 13.2 Å². The summed E-state index contributed by atoms with van der Waals surface area (Å²) in [6.45, 7) is 0. The molecule has 16 heavy (non-hydrogen) atoms. The number of nitrogens with zero attached hydrogens (tertiary/aromatic N) is 2. The Kier molecular flexibility index (Phi) is 2.59. The first-order chi connectivity index (χ1) is 7.46. The monoisotopic (exact) mass is 229 g/mol. The second-order valence-electron chi connectivity index (χ2n) is 3.56. The quantitative estimate of drug-likeness (QED) is 0.858. The zero-order chi connectivity index (χ0) is 11.8. The Morgan fingerprint density at radius 3 is 2.75 bits per heavy atom. The van der Waals surface area contributed by atoms with Crippen LogP contribution in [0.2, 0.25) is 0 Å². The Balaban J connectivity index is 2.26. The van der Waals surface area contributed by atoms with Gasteiger partial charge in [0.05, 0.1) is 18.2 Å². The number of aromatic nitrogens is 2. The van der Waals surface area contributed by atoms with Crippen molar-refractivity contribution in [3.05, 3.63) is 36.3 Å². The summed E-state index contributed by atoms with van der Waals surface area (Å²) in [5.41, 5.74) is 6.30. The molecule has 0 radical (unpaired) electrons. The molecule has 0 bridgehead atoms. The van der Waals surface area contributed by atoms with Crippen LogP contribution in [-0.2, 0) is 0 Å². The smallest absolute Gasteiger partial charge is 0.322 e. The highest BCUT2D eigenvalue weighted by atomic mass is 19.4. The molecule has 0 saturated heterocycles. The van der Waals surface area contributed by atoms with Crippen LogP contribution in [0.4, 0.5) is 13.2 Å². The SMILES string of the molecule is N[C@@H](CC(F)(F)F)c1cn2ccccc2n1. The van der Waals surface area contributed by atoms with Crippen molar-refractivity contribution in [2.45, 2.75) is 18.6 Å². The second kappa shape index (κ2) is 3.79. The summed E-state index contributed by atoms with van der Waals surface area (Å²) in [5.74, 6) is 0. The molecule has 6 heteroatoms. The minimum atomic E-state index is -4.27. The molecule has 0 unspecified atom stereocenters. The van der Waals surface area contributed by atoms with Gasteiger partial charge in [0.25, 0.3) is 0 Å². The molecule has 0 aliphatic heterocycles. The van der Waals surface area contributed by atoms with Gasteiger partial charge in [-0.2, -0.15) is 13.2 Å². The fourth-order valence-electron chi connectivity index (χ4n) is 1.49. The molecule has 0 aliphatic rings. The van der Waals surface area contributed by atoms with E-state index in [4.69, 9.17) is 5.73 Å². The number of fused-ring (bicyclic) bond motifs is 1. The van der Waals surface area contributed by atoms with Crippen LogP contribution in [0.25, 0.3) is 5.65 Å². The number of rotatable bonds is 2. The maximum Gasteiger partial charge on any atom is 0.390 e. The number of hydrogen-bond acceptors (Lipinski definition) is 2. The van der Waals surface area contributed by atoms with Gasteiger partial charge in [0.1, 0.15) is 5.65 Å². The summed E-state index contributed by atoms with van der Waals surface area (Å²) in [4.78, 5) is 4.03. The zero-order valence-corrected chi connectivity index (χ0v) is 8.28. The Hall–Kier alpha value is -1.56. The lowest BCUT2D eigenvalue weighted by atomic mass is 10.1. The zero-order valence-electron chi connectivity index (χ0n) is 8.28. The average molecular weight is 229 g/mol. The highest BCUT2D eigenvalue weighted by Crippen LogP contribution is 2.27. The molecule has 0 amide bonds. The van der Waals surface area contributed by atoms with E-state index in [1.165, 1.54) is 6.20 Å². The molecule has 3 nitrogen and oxygen atoms in total. The summed E-state index contributed by atoms with van der Waals surface area (Å²) in [6.07, 6.45) is -2.09. The van der Waals surface area contributed by atoms with Crippen LogP contribution < -0.4 is 5.73 Å². The molecule has 0 fully saturated rings. The van der Waals surface area contributed by atoms with Crippen LogP contribution in [0, 0.1) is 0 Å². The van der Waals surface area contributed by atoms with Gasteiger partial charge in [-0.1, -0.05) is 6.07 Å². The maximum absolute atomic E-state index is 12.1. The van der Waals surface area contributed by atoms with Crippen LogP contribution in [0.15, 0.2) is 30.6 Å². The van der Waals surface area contributed by atoms with Crippen LogP contribution in [0.1, 0.15) is 18.2 Å². The van der Waals surface area contributed by atoms with Crippen molar-refractivity contribution in [1.82, 2.24) is 9.38 Å². The highest BCUT2D eigenvalue weighted by Gasteiger charge is 2.31. The topological polar surface area (TPSA) is 43.3 Å². The lowest BCUT2D eigenvalue weighted by Crippen LogP contribution is -2.20. The van der Waals surface area contributed by atoms with E-state index in [1.807, 2.05) is 0 Å². The summed E-state index contributed by atoms with van der Waals surface area (Å²) in [7, 11) is 0. The number of imidazole rings is 1. The van der Waals surface area contributed by atoms with Crippen molar-refractivity contribution >= 4 is 5.65 Å². The predicted molar refractivity (Wildman–Crippen MR) is 52.8 cm³/mol. The standard InChI is InChI=1S/C10H10F3N3/c11-10(12,13)5-7(14)8-6-16-4-2-1-3-9(16)15-8/h1-4,6-7H,5,14H2/t7-/m0/s1. The van der Waals surface area contributed by atoms with Gasteiger partial charge in [-0.15, -0.1) is 0 Å². The third kappa shape index (κ3) is 2.33. The number of hydrogen-bond donors (Lipinski definition) is 1. The van der Waals surface area contributed by atoms with E-state index in [-0.39, 0.29) is 5.69 Å². The van der Waals surface area contributed by atoms with Gasteiger partial charge in [0, 0.05) is 12.4 Å². The second-order valence-corrected chi connectivity index (χ2v) is 3.56. The molecule has 0 spiro atoms. The van der Waals surface area contributed by atoms with E-state index < -0.39 is 18.6 Å². The molecule has 2 aromatic rings.